The molecule has 0 radical (unpaired) electrons. The number of hydrogen-bond donors (Lipinski definition) is 3. The molecule has 0 unspecified atom stereocenters. The van der Waals surface area contributed by atoms with Crippen LogP contribution in [0.1, 0.15) is 49.1 Å². The summed E-state index contributed by atoms with van der Waals surface area (Å²) in [4.78, 5) is 15.9. The SMILES string of the molecule is CCc1nc(C(=O)NCC2CCC(O)CC2)n[nH]1. The normalized spacial score (nSPS) is 23.9. The Bertz CT molecular complexity index is 397. The summed E-state index contributed by atoms with van der Waals surface area (Å²) in [5, 5.41) is 18.9. The van der Waals surface area contributed by atoms with Crippen molar-refractivity contribution in [3.8, 4) is 0 Å². The highest BCUT2D eigenvalue weighted by molar-refractivity contribution is 5.90. The molecule has 6 nitrogen and oxygen atoms in total. The highest BCUT2D eigenvalue weighted by Crippen LogP contribution is 2.23. The summed E-state index contributed by atoms with van der Waals surface area (Å²) in [7, 11) is 0. The van der Waals surface area contributed by atoms with Gasteiger partial charge in [-0.15, -0.1) is 5.10 Å². The second-order valence-electron chi connectivity index (χ2n) is 4.84. The fourth-order valence-electron chi connectivity index (χ4n) is 2.22. The van der Waals surface area contributed by atoms with Crippen LogP contribution in [0.25, 0.3) is 0 Å². The number of H-pyrrole nitrogens is 1. The van der Waals surface area contributed by atoms with Gasteiger partial charge in [0, 0.05) is 13.0 Å². The molecule has 1 aromatic heterocycles. The predicted octanol–water partition coefficient (Wildman–Crippen LogP) is 0.648. The molecule has 3 N–H and O–H groups in total. The van der Waals surface area contributed by atoms with E-state index in [1.165, 1.54) is 0 Å². The standard InChI is InChI=1S/C12H20N4O2/c1-2-10-14-11(16-15-10)12(18)13-7-8-3-5-9(17)6-4-8/h8-9,17H,2-7H2,1H3,(H,13,18)(H,14,15,16). The third kappa shape index (κ3) is 3.29. The first kappa shape index (κ1) is 13.0. The van der Waals surface area contributed by atoms with Crippen LogP contribution >= 0.6 is 0 Å². The van der Waals surface area contributed by atoms with E-state index in [4.69, 9.17) is 0 Å². The number of carbonyl (C=O) groups excluding carboxylic acids is 1. The smallest absolute Gasteiger partial charge is 0.290 e. The molecular formula is C12H20N4O2. The van der Waals surface area contributed by atoms with Crippen LogP contribution in [-0.2, 0) is 6.42 Å². The molecule has 1 aliphatic rings. The number of carbonyl (C=O) groups is 1. The highest BCUT2D eigenvalue weighted by Gasteiger charge is 2.20. The molecule has 0 saturated heterocycles. The van der Waals surface area contributed by atoms with E-state index in [1.54, 1.807) is 0 Å². The Morgan fingerprint density at radius 1 is 1.44 bits per heavy atom. The van der Waals surface area contributed by atoms with Gasteiger partial charge in [0.2, 0.25) is 5.82 Å². The van der Waals surface area contributed by atoms with Crippen molar-refractivity contribution in [2.24, 2.45) is 5.92 Å². The number of aliphatic hydroxyl groups is 1. The lowest BCUT2D eigenvalue weighted by atomic mass is 9.87. The second-order valence-corrected chi connectivity index (χ2v) is 4.84. The van der Waals surface area contributed by atoms with Crippen LogP contribution in [0.5, 0.6) is 0 Å². The molecule has 100 valence electrons. The highest BCUT2D eigenvalue weighted by atomic mass is 16.3. The number of aryl methyl sites for hydroxylation is 1. The summed E-state index contributed by atoms with van der Waals surface area (Å²) >= 11 is 0. The van der Waals surface area contributed by atoms with Crippen LogP contribution < -0.4 is 5.32 Å². The molecule has 0 aromatic carbocycles. The van der Waals surface area contributed by atoms with E-state index in [2.05, 4.69) is 20.5 Å². The molecule has 2 rings (SSSR count). The van der Waals surface area contributed by atoms with Crippen molar-refractivity contribution in [1.29, 1.82) is 0 Å². The molecule has 1 amide bonds. The minimum atomic E-state index is -0.225. The number of aromatic nitrogens is 3. The van der Waals surface area contributed by atoms with Crippen molar-refractivity contribution in [3.63, 3.8) is 0 Å². The quantitative estimate of drug-likeness (QED) is 0.733. The van der Waals surface area contributed by atoms with Crippen LogP contribution in [-0.4, -0.2) is 38.8 Å². The number of rotatable bonds is 4. The second kappa shape index (κ2) is 5.95. The zero-order valence-electron chi connectivity index (χ0n) is 10.6. The fraction of sp³-hybridized carbons (Fsp3) is 0.750. The van der Waals surface area contributed by atoms with E-state index in [9.17, 15) is 9.90 Å². The van der Waals surface area contributed by atoms with E-state index < -0.39 is 0 Å². The number of nitrogens with one attached hydrogen (secondary N) is 2. The van der Waals surface area contributed by atoms with Gasteiger partial charge in [0.05, 0.1) is 6.10 Å². The van der Waals surface area contributed by atoms with Gasteiger partial charge in [-0.1, -0.05) is 6.92 Å². The molecule has 18 heavy (non-hydrogen) atoms. The Hall–Kier alpha value is -1.43. The maximum Gasteiger partial charge on any atom is 0.290 e. The van der Waals surface area contributed by atoms with Crippen LogP contribution in [0.3, 0.4) is 0 Å². The molecule has 0 spiro atoms. The monoisotopic (exact) mass is 252 g/mol. The van der Waals surface area contributed by atoms with E-state index in [0.717, 1.165) is 37.9 Å². The Morgan fingerprint density at radius 2 is 2.17 bits per heavy atom. The van der Waals surface area contributed by atoms with E-state index >= 15 is 0 Å². The maximum absolute atomic E-state index is 11.8. The van der Waals surface area contributed by atoms with E-state index in [1.807, 2.05) is 6.92 Å². The number of aromatic amines is 1. The van der Waals surface area contributed by atoms with Crippen molar-refractivity contribution in [2.45, 2.75) is 45.1 Å². The average molecular weight is 252 g/mol. The van der Waals surface area contributed by atoms with Gasteiger partial charge in [-0.05, 0) is 31.6 Å². The van der Waals surface area contributed by atoms with Gasteiger partial charge < -0.3 is 10.4 Å². The van der Waals surface area contributed by atoms with Crippen molar-refractivity contribution < 1.29 is 9.90 Å². The molecule has 1 heterocycles. The summed E-state index contributed by atoms with van der Waals surface area (Å²) < 4.78 is 0. The van der Waals surface area contributed by atoms with Gasteiger partial charge in [-0.25, -0.2) is 4.98 Å². The molecule has 6 heteroatoms. The molecule has 1 saturated carbocycles. The predicted molar refractivity (Wildman–Crippen MR) is 66.1 cm³/mol. The Morgan fingerprint density at radius 3 is 2.78 bits per heavy atom. The molecular weight excluding hydrogens is 232 g/mol. The van der Waals surface area contributed by atoms with Crippen LogP contribution in [0.15, 0.2) is 0 Å². The molecule has 1 fully saturated rings. The van der Waals surface area contributed by atoms with Gasteiger partial charge in [0.15, 0.2) is 0 Å². The first-order valence-corrected chi connectivity index (χ1v) is 6.56. The molecule has 0 atom stereocenters. The lowest BCUT2D eigenvalue weighted by molar-refractivity contribution is 0.0901. The van der Waals surface area contributed by atoms with Crippen LogP contribution in [0.4, 0.5) is 0 Å². The topological polar surface area (TPSA) is 90.9 Å². The molecule has 0 bridgehead atoms. The summed E-state index contributed by atoms with van der Waals surface area (Å²) in [5.41, 5.74) is 0. The number of aliphatic hydroxyl groups excluding tert-OH is 1. The lowest BCUT2D eigenvalue weighted by Crippen LogP contribution is -2.32. The Labute approximate surface area is 106 Å². The third-order valence-electron chi connectivity index (χ3n) is 3.44. The minimum Gasteiger partial charge on any atom is -0.393 e. The first-order valence-electron chi connectivity index (χ1n) is 6.56. The Kier molecular flexibility index (Phi) is 4.30. The fourth-order valence-corrected chi connectivity index (χ4v) is 2.22. The zero-order chi connectivity index (χ0) is 13.0. The van der Waals surface area contributed by atoms with Crippen LogP contribution in [0, 0.1) is 5.92 Å². The van der Waals surface area contributed by atoms with Gasteiger partial charge in [-0.2, -0.15) is 0 Å². The van der Waals surface area contributed by atoms with E-state index in [0.29, 0.717) is 12.5 Å². The average Bonchev–Trinajstić information content (AvgIpc) is 2.86. The van der Waals surface area contributed by atoms with Crippen molar-refractivity contribution in [1.82, 2.24) is 20.5 Å². The lowest BCUT2D eigenvalue weighted by Gasteiger charge is -2.25. The number of hydrogen-bond acceptors (Lipinski definition) is 4. The molecule has 1 aromatic rings. The van der Waals surface area contributed by atoms with Crippen molar-refractivity contribution >= 4 is 5.91 Å². The largest absolute Gasteiger partial charge is 0.393 e. The maximum atomic E-state index is 11.8. The third-order valence-corrected chi connectivity index (χ3v) is 3.44. The zero-order valence-corrected chi connectivity index (χ0v) is 10.6. The summed E-state index contributed by atoms with van der Waals surface area (Å²) in [6.45, 7) is 2.59. The molecule has 0 aliphatic heterocycles. The van der Waals surface area contributed by atoms with Gasteiger partial charge in [0.1, 0.15) is 5.82 Å². The number of nitrogens with zero attached hydrogens (tertiary/aromatic N) is 2. The minimum absolute atomic E-state index is 0.155. The van der Waals surface area contributed by atoms with Crippen molar-refractivity contribution in [3.05, 3.63) is 11.6 Å². The van der Waals surface area contributed by atoms with Gasteiger partial charge in [0.25, 0.3) is 5.91 Å². The van der Waals surface area contributed by atoms with Crippen molar-refractivity contribution in [2.75, 3.05) is 6.54 Å². The van der Waals surface area contributed by atoms with Gasteiger partial charge in [-0.3, -0.25) is 9.89 Å². The summed E-state index contributed by atoms with van der Waals surface area (Å²) in [5.74, 6) is 1.17. The summed E-state index contributed by atoms with van der Waals surface area (Å²) in [6, 6.07) is 0. The Balaban J connectivity index is 1.77. The molecule has 1 aliphatic carbocycles. The number of amides is 1. The van der Waals surface area contributed by atoms with E-state index in [-0.39, 0.29) is 17.8 Å². The van der Waals surface area contributed by atoms with Gasteiger partial charge >= 0.3 is 0 Å². The van der Waals surface area contributed by atoms with Crippen LogP contribution in [0.2, 0.25) is 0 Å². The first-order chi connectivity index (χ1) is 8.69. The summed E-state index contributed by atoms with van der Waals surface area (Å²) in [6.07, 6.45) is 4.19.